The van der Waals surface area contributed by atoms with Gasteiger partial charge in [0, 0.05) is 18.8 Å². The monoisotopic (exact) mass is 314 g/mol. The van der Waals surface area contributed by atoms with Crippen LogP contribution >= 0.6 is 0 Å². The Bertz CT molecular complexity index is 755. The van der Waals surface area contributed by atoms with E-state index in [9.17, 15) is 9.59 Å². The largest absolute Gasteiger partial charge is 0.463 e. The van der Waals surface area contributed by atoms with E-state index in [0.29, 0.717) is 12.2 Å². The van der Waals surface area contributed by atoms with Gasteiger partial charge in [0.25, 0.3) is 5.56 Å². The van der Waals surface area contributed by atoms with E-state index in [1.165, 1.54) is 12.2 Å². The van der Waals surface area contributed by atoms with Crippen LogP contribution in [0.2, 0.25) is 0 Å². The molecule has 0 radical (unpaired) electrons. The number of nitrogens with zero attached hydrogens (tertiary/aromatic N) is 2. The Labute approximate surface area is 135 Å². The topological polar surface area (TPSA) is 53.2 Å². The van der Waals surface area contributed by atoms with Crippen molar-refractivity contribution in [3.63, 3.8) is 0 Å². The third-order valence-corrected chi connectivity index (χ3v) is 3.73. The van der Waals surface area contributed by atoms with Gasteiger partial charge in [-0.3, -0.25) is 9.48 Å². The minimum atomic E-state index is -0.424. The average molecular weight is 314 g/mol. The first kappa shape index (κ1) is 16.8. The van der Waals surface area contributed by atoms with Crippen LogP contribution < -0.4 is 5.56 Å². The van der Waals surface area contributed by atoms with Crippen LogP contribution in [-0.4, -0.2) is 21.9 Å². The molecule has 1 heterocycles. The van der Waals surface area contributed by atoms with E-state index in [1.54, 1.807) is 9.36 Å². The predicted octanol–water partition coefficient (Wildman–Crippen LogP) is 2.84. The number of para-hydroxylation sites is 1. The molecule has 0 aliphatic carbocycles. The molecule has 0 aliphatic heterocycles. The highest BCUT2D eigenvalue weighted by Crippen LogP contribution is 2.11. The first-order valence-electron chi connectivity index (χ1n) is 7.75. The summed E-state index contributed by atoms with van der Waals surface area (Å²) in [4.78, 5) is 24.3. The number of ether oxygens (including phenoxy) is 1. The van der Waals surface area contributed by atoms with Crippen molar-refractivity contribution in [3.05, 3.63) is 58.0 Å². The van der Waals surface area contributed by atoms with Crippen LogP contribution in [0.15, 0.2) is 41.2 Å². The number of carbonyl (C=O) groups excluding carboxylic acids is 1. The van der Waals surface area contributed by atoms with Crippen LogP contribution in [0.1, 0.15) is 31.0 Å². The molecule has 0 saturated heterocycles. The van der Waals surface area contributed by atoms with E-state index >= 15 is 0 Å². The lowest BCUT2D eigenvalue weighted by atomic mass is 10.2. The third kappa shape index (κ3) is 3.80. The highest BCUT2D eigenvalue weighted by Gasteiger charge is 2.14. The van der Waals surface area contributed by atoms with Gasteiger partial charge >= 0.3 is 5.97 Å². The summed E-state index contributed by atoms with van der Waals surface area (Å²) in [7, 11) is 1.82. The minimum Gasteiger partial charge on any atom is -0.463 e. The number of rotatable bonds is 6. The van der Waals surface area contributed by atoms with Crippen LogP contribution in [0.5, 0.6) is 0 Å². The van der Waals surface area contributed by atoms with Gasteiger partial charge in [-0.05, 0) is 31.6 Å². The van der Waals surface area contributed by atoms with E-state index in [1.807, 2.05) is 51.2 Å². The normalized spacial score (nSPS) is 11.1. The van der Waals surface area contributed by atoms with Crippen molar-refractivity contribution in [1.29, 1.82) is 0 Å². The standard InChI is InChI=1S/C18H22N2O3/c1-4-5-13-23-17(21)12-11-16-14(2)19(3)20(18(16)22)15-9-7-6-8-10-15/h6-12H,4-5,13H2,1-3H3/b12-11+. The number of unbranched alkanes of at least 4 members (excludes halogenated alkanes) is 1. The van der Waals surface area contributed by atoms with Gasteiger partial charge in [0.05, 0.1) is 17.9 Å². The number of esters is 1. The summed E-state index contributed by atoms with van der Waals surface area (Å²) in [5.41, 5.74) is 1.90. The van der Waals surface area contributed by atoms with Crippen molar-refractivity contribution in [2.75, 3.05) is 6.61 Å². The molecular weight excluding hydrogens is 292 g/mol. The Morgan fingerprint density at radius 1 is 1.26 bits per heavy atom. The summed E-state index contributed by atoms with van der Waals surface area (Å²) in [5, 5.41) is 0. The van der Waals surface area contributed by atoms with Crippen LogP contribution in [0, 0.1) is 6.92 Å². The fraction of sp³-hybridized carbons (Fsp3) is 0.333. The number of hydrogen-bond acceptors (Lipinski definition) is 3. The zero-order valence-corrected chi connectivity index (χ0v) is 13.8. The highest BCUT2D eigenvalue weighted by molar-refractivity contribution is 5.87. The molecule has 0 atom stereocenters. The maximum absolute atomic E-state index is 12.6. The van der Waals surface area contributed by atoms with E-state index < -0.39 is 5.97 Å². The Kier molecular flexibility index (Phi) is 5.57. The van der Waals surface area contributed by atoms with Crippen LogP contribution in [0.4, 0.5) is 0 Å². The Hall–Kier alpha value is -2.56. The molecule has 0 spiro atoms. The quantitative estimate of drug-likeness (QED) is 0.468. The molecular formula is C18H22N2O3. The molecule has 2 rings (SSSR count). The molecule has 0 N–H and O–H groups in total. The molecule has 2 aromatic rings. The second-order valence-electron chi connectivity index (χ2n) is 5.33. The minimum absolute atomic E-state index is 0.159. The molecule has 1 aromatic heterocycles. The SMILES string of the molecule is CCCCOC(=O)/C=C/c1c(C)n(C)n(-c2ccccc2)c1=O. The zero-order valence-electron chi connectivity index (χ0n) is 13.8. The highest BCUT2D eigenvalue weighted by atomic mass is 16.5. The zero-order chi connectivity index (χ0) is 16.8. The van der Waals surface area contributed by atoms with E-state index in [2.05, 4.69) is 0 Å². The van der Waals surface area contributed by atoms with E-state index in [4.69, 9.17) is 4.74 Å². The molecule has 122 valence electrons. The molecule has 0 fully saturated rings. The fourth-order valence-corrected chi connectivity index (χ4v) is 2.30. The van der Waals surface area contributed by atoms with Crippen molar-refractivity contribution in [1.82, 2.24) is 9.36 Å². The van der Waals surface area contributed by atoms with Crippen LogP contribution in [0.3, 0.4) is 0 Å². The van der Waals surface area contributed by atoms with Crippen LogP contribution in [0.25, 0.3) is 11.8 Å². The predicted molar refractivity (Wildman–Crippen MR) is 90.6 cm³/mol. The Balaban J connectivity index is 2.28. The average Bonchev–Trinajstić information content (AvgIpc) is 2.76. The summed E-state index contributed by atoms with van der Waals surface area (Å²) >= 11 is 0. The number of aromatic nitrogens is 2. The fourth-order valence-electron chi connectivity index (χ4n) is 2.30. The van der Waals surface area contributed by atoms with Gasteiger partial charge in [-0.15, -0.1) is 0 Å². The lowest BCUT2D eigenvalue weighted by Crippen LogP contribution is -2.20. The molecule has 5 heteroatoms. The molecule has 23 heavy (non-hydrogen) atoms. The third-order valence-electron chi connectivity index (χ3n) is 3.73. The van der Waals surface area contributed by atoms with Gasteiger partial charge < -0.3 is 4.74 Å². The second kappa shape index (κ2) is 7.63. The van der Waals surface area contributed by atoms with Gasteiger partial charge in [0.15, 0.2) is 0 Å². The first-order chi connectivity index (χ1) is 11.1. The summed E-state index contributed by atoms with van der Waals surface area (Å²) in [6, 6.07) is 9.40. The maximum Gasteiger partial charge on any atom is 0.330 e. The molecule has 5 nitrogen and oxygen atoms in total. The molecule has 1 aromatic carbocycles. The van der Waals surface area contributed by atoms with Crippen LogP contribution in [-0.2, 0) is 16.6 Å². The van der Waals surface area contributed by atoms with Gasteiger partial charge in [-0.1, -0.05) is 31.5 Å². The molecule has 0 amide bonds. The van der Waals surface area contributed by atoms with Crippen molar-refractivity contribution in [2.45, 2.75) is 26.7 Å². The van der Waals surface area contributed by atoms with Crippen molar-refractivity contribution in [3.8, 4) is 5.69 Å². The summed E-state index contributed by atoms with van der Waals surface area (Å²) in [6.45, 7) is 4.29. The first-order valence-corrected chi connectivity index (χ1v) is 7.75. The lowest BCUT2D eigenvalue weighted by molar-refractivity contribution is -0.137. The Morgan fingerprint density at radius 2 is 1.96 bits per heavy atom. The molecule has 0 bridgehead atoms. The Morgan fingerprint density at radius 3 is 2.61 bits per heavy atom. The molecule has 0 unspecified atom stereocenters. The lowest BCUT2D eigenvalue weighted by Gasteiger charge is -2.07. The van der Waals surface area contributed by atoms with Gasteiger partial charge in [-0.2, -0.15) is 0 Å². The van der Waals surface area contributed by atoms with Crippen molar-refractivity contribution >= 4 is 12.0 Å². The van der Waals surface area contributed by atoms with Gasteiger partial charge in [0.2, 0.25) is 0 Å². The summed E-state index contributed by atoms with van der Waals surface area (Å²) in [6.07, 6.45) is 4.65. The molecule has 0 saturated carbocycles. The number of carbonyl (C=O) groups is 1. The number of benzene rings is 1. The summed E-state index contributed by atoms with van der Waals surface area (Å²) in [5.74, 6) is -0.424. The number of hydrogen-bond donors (Lipinski definition) is 0. The second-order valence-corrected chi connectivity index (χ2v) is 5.33. The van der Waals surface area contributed by atoms with Crippen molar-refractivity contribution in [2.24, 2.45) is 7.05 Å². The van der Waals surface area contributed by atoms with E-state index in [0.717, 1.165) is 24.2 Å². The van der Waals surface area contributed by atoms with E-state index in [-0.39, 0.29) is 5.56 Å². The summed E-state index contributed by atoms with van der Waals surface area (Å²) < 4.78 is 8.42. The van der Waals surface area contributed by atoms with Crippen molar-refractivity contribution < 1.29 is 9.53 Å². The van der Waals surface area contributed by atoms with Gasteiger partial charge in [-0.25, -0.2) is 9.48 Å². The molecule has 0 aliphatic rings. The van der Waals surface area contributed by atoms with Gasteiger partial charge in [0.1, 0.15) is 0 Å². The smallest absolute Gasteiger partial charge is 0.330 e. The maximum atomic E-state index is 12.6.